The van der Waals surface area contributed by atoms with Gasteiger partial charge in [-0.3, -0.25) is 0 Å². The van der Waals surface area contributed by atoms with Crippen molar-refractivity contribution in [1.29, 1.82) is 0 Å². The molecule has 0 aliphatic rings. The first-order valence-electron chi connectivity index (χ1n) is 8.29. The zero-order valence-corrected chi connectivity index (χ0v) is 16.7. The molecule has 11 heteroatoms. The Bertz CT molecular complexity index is 1090. The van der Waals surface area contributed by atoms with Crippen LogP contribution in [0.5, 0.6) is 11.5 Å². The van der Waals surface area contributed by atoms with Crippen LogP contribution in [0.25, 0.3) is 11.3 Å². The van der Waals surface area contributed by atoms with Crippen molar-refractivity contribution in [1.82, 2.24) is 20.3 Å². The van der Waals surface area contributed by atoms with Gasteiger partial charge in [0.15, 0.2) is 11.6 Å². The third-order valence-electron chi connectivity index (χ3n) is 3.94. The molecule has 0 unspecified atom stereocenters. The third kappa shape index (κ3) is 3.96. The van der Waals surface area contributed by atoms with Crippen LogP contribution < -0.4 is 20.1 Å². The molecular weight excluding hydrogens is 419 g/mol. The van der Waals surface area contributed by atoms with Crippen molar-refractivity contribution in [3.8, 4) is 11.5 Å². The van der Waals surface area contributed by atoms with Gasteiger partial charge in [-0.1, -0.05) is 23.2 Å². The van der Waals surface area contributed by atoms with E-state index in [4.69, 9.17) is 37.3 Å². The molecule has 0 aliphatic carbocycles. The Balaban J connectivity index is 1.80. The molecule has 0 saturated carbocycles. The normalized spacial score (nSPS) is 10.8. The lowest BCUT2D eigenvalue weighted by molar-refractivity contribution is 0.314. The average Bonchev–Trinajstić information content (AvgIpc) is 3.16. The summed E-state index contributed by atoms with van der Waals surface area (Å²) in [6.07, 6.45) is 0. The Kier molecular flexibility index (Phi) is 5.24. The van der Waals surface area contributed by atoms with Gasteiger partial charge in [-0.2, -0.15) is 0 Å². The van der Waals surface area contributed by atoms with Crippen LogP contribution in [0.3, 0.4) is 0 Å². The summed E-state index contributed by atoms with van der Waals surface area (Å²) < 4.78 is 15.5. The van der Waals surface area contributed by atoms with Crippen molar-refractivity contribution in [2.24, 2.45) is 0 Å². The fourth-order valence-corrected chi connectivity index (χ4v) is 2.97. The number of anilines is 4. The topological polar surface area (TPSA) is 107 Å². The first-order chi connectivity index (χ1) is 14.1. The largest absolute Gasteiger partial charge is 0.495 e. The Hall–Kier alpha value is -3.30. The van der Waals surface area contributed by atoms with Gasteiger partial charge >= 0.3 is 0 Å². The van der Waals surface area contributed by atoms with E-state index in [2.05, 4.69) is 30.9 Å². The van der Waals surface area contributed by atoms with Gasteiger partial charge in [0, 0.05) is 10.0 Å². The third-order valence-corrected chi connectivity index (χ3v) is 4.41. The molecule has 0 saturated heterocycles. The highest BCUT2D eigenvalue weighted by Crippen LogP contribution is 2.35. The molecule has 2 aromatic heterocycles. The molecule has 0 fully saturated rings. The number of hydrogen-bond acceptors (Lipinski definition) is 9. The fraction of sp³-hybridized carbons (Fsp3) is 0.111. The molecule has 4 rings (SSSR count). The van der Waals surface area contributed by atoms with Gasteiger partial charge in [-0.25, -0.2) is 14.6 Å². The van der Waals surface area contributed by atoms with Crippen molar-refractivity contribution in [3.63, 3.8) is 0 Å². The summed E-state index contributed by atoms with van der Waals surface area (Å²) in [6.45, 7) is 0. The number of fused-ring (bicyclic) bond motifs is 1. The smallest absolute Gasteiger partial charge is 0.245 e. The highest BCUT2D eigenvalue weighted by atomic mass is 35.5. The van der Waals surface area contributed by atoms with E-state index in [1.807, 2.05) is 0 Å². The quantitative estimate of drug-likeness (QED) is 0.442. The van der Waals surface area contributed by atoms with Crippen LogP contribution in [0, 0.1) is 0 Å². The highest BCUT2D eigenvalue weighted by Gasteiger charge is 2.17. The summed E-state index contributed by atoms with van der Waals surface area (Å²) in [5, 5.41) is 14.9. The second-order valence-corrected chi connectivity index (χ2v) is 6.64. The van der Waals surface area contributed by atoms with Crippen LogP contribution in [0.15, 0.2) is 41.0 Å². The van der Waals surface area contributed by atoms with Gasteiger partial charge in [-0.05, 0) is 46.7 Å². The number of nitrogens with one attached hydrogen (secondary N) is 2. The van der Waals surface area contributed by atoms with Crippen LogP contribution in [-0.2, 0) is 0 Å². The summed E-state index contributed by atoms with van der Waals surface area (Å²) in [4.78, 5) is 8.87. The fourth-order valence-electron chi connectivity index (χ4n) is 2.62. The van der Waals surface area contributed by atoms with Crippen molar-refractivity contribution in [2.45, 2.75) is 0 Å². The number of nitrogens with zero attached hydrogens (tertiary/aromatic N) is 4. The van der Waals surface area contributed by atoms with E-state index in [1.54, 1.807) is 50.6 Å². The average molecular weight is 433 g/mol. The second-order valence-electron chi connectivity index (χ2n) is 5.77. The monoisotopic (exact) mass is 432 g/mol. The van der Waals surface area contributed by atoms with Crippen LogP contribution in [-0.4, -0.2) is 34.5 Å². The Labute approximate surface area is 174 Å². The van der Waals surface area contributed by atoms with Crippen LogP contribution in [0.4, 0.5) is 23.0 Å². The molecule has 2 N–H and O–H groups in total. The molecule has 9 nitrogen and oxygen atoms in total. The molecular formula is C18H14Cl2N6O3. The first-order valence-corrected chi connectivity index (χ1v) is 9.04. The predicted molar refractivity (Wildman–Crippen MR) is 110 cm³/mol. The minimum absolute atomic E-state index is 0.233. The molecule has 29 heavy (non-hydrogen) atoms. The molecule has 4 aromatic rings. The molecule has 0 bridgehead atoms. The zero-order chi connectivity index (χ0) is 20.4. The Morgan fingerprint density at radius 2 is 1.21 bits per heavy atom. The van der Waals surface area contributed by atoms with E-state index in [0.717, 1.165) is 0 Å². The lowest BCUT2D eigenvalue weighted by Gasteiger charge is -2.15. The number of benzene rings is 2. The lowest BCUT2D eigenvalue weighted by atomic mass is 10.2. The maximum Gasteiger partial charge on any atom is 0.245 e. The van der Waals surface area contributed by atoms with Gasteiger partial charge in [0.05, 0.1) is 25.6 Å². The summed E-state index contributed by atoms with van der Waals surface area (Å²) in [5.41, 5.74) is 1.65. The SMILES string of the molecule is COc1ccc(Cl)cc1Nc1nc2nonc2nc1Nc1cc(Cl)ccc1OC. The molecule has 0 spiro atoms. The molecule has 2 heterocycles. The minimum atomic E-state index is 0.233. The second kappa shape index (κ2) is 7.98. The molecule has 148 valence electrons. The lowest BCUT2D eigenvalue weighted by Crippen LogP contribution is -2.05. The Morgan fingerprint density at radius 3 is 1.62 bits per heavy atom. The summed E-state index contributed by atoms with van der Waals surface area (Å²) >= 11 is 12.3. The van der Waals surface area contributed by atoms with Crippen LogP contribution in [0.2, 0.25) is 10.0 Å². The van der Waals surface area contributed by atoms with Crippen LogP contribution >= 0.6 is 23.2 Å². The van der Waals surface area contributed by atoms with E-state index < -0.39 is 0 Å². The van der Waals surface area contributed by atoms with E-state index in [9.17, 15) is 0 Å². The number of hydrogen-bond donors (Lipinski definition) is 2. The van der Waals surface area contributed by atoms with Gasteiger partial charge < -0.3 is 20.1 Å². The number of rotatable bonds is 6. The highest BCUT2D eigenvalue weighted by molar-refractivity contribution is 6.31. The standard InChI is InChI=1S/C18H14Cl2N6O3/c1-27-13-5-3-9(19)7-11(13)21-15-16(24-18-17(23-15)25-29-26-18)22-12-8-10(20)4-6-14(12)28-2/h3-8H,1-2H3,(H,21,23,25)(H,22,24,26). The van der Waals surface area contributed by atoms with Crippen molar-refractivity contribution < 1.29 is 14.1 Å². The van der Waals surface area contributed by atoms with E-state index in [-0.39, 0.29) is 11.3 Å². The first kappa shape index (κ1) is 19.0. The number of halogens is 2. The molecule has 0 amide bonds. The van der Waals surface area contributed by atoms with Crippen molar-refractivity contribution in [2.75, 3.05) is 24.9 Å². The number of ether oxygens (including phenoxy) is 2. The molecule has 0 aliphatic heterocycles. The van der Waals surface area contributed by atoms with E-state index in [1.165, 1.54) is 0 Å². The zero-order valence-electron chi connectivity index (χ0n) is 15.2. The van der Waals surface area contributed by atoms with Crippen LogP contribution in [0.1, 0.15) is 0 Å². The summed E-state index contributed by atoms with van der Waals surface area (Å²) in [6, 6.07) is 10.3. The minimum Gasteiger partial charge on any atom is -0.495 e. The maximum absolute atomic E-state index is 6.13. The van der Waals surface area contributed by atoms with Gasteiger partial charge in [0.25, 0.3) is 0 Å². The number of methoxy groups -OCH3 is 2. The number of aromatic nitrogens is 4. The molecule has 0 radical (unpaired) electrons. The van der Waals surface area contributed by atoms with E-state index in [0.29, 0.717) is 44.6 Å². The van der Waals surface area contributed by atoms with Gasteiger partial charge in [0.1, 0.15) is 11.5 Å². The van der Waals surface area contributed by atoms with Gasteiger partial charge in [0.2, 0.25) is 11.3 Å². The molecule has 0 atom stereocenters. The van der Waals surface area contributed by atoms with Crippen molar-refractivity contribution in [3.05, 3.63) is 46.4 Å². The maximum atomic E-state index is 6.13. The summed E-state index contributed by atoms with van der Waals surface area (Å²) in [5.74, 6) is 1.83. The Morgan fingerprint density at radius 1 is 0.759 bits per heavy atom. The predicted octanol–water partition coefficient (Wildman–Crippen LogP) is 4.82. The van der Waals surface area contributed by atoms with E-state index >= 15 is 0 Å². The van der Waals surface area contributed by atoms with Gasteiger partial charge in [-0.15, -0.1) is 0 Å². The molecule has 2 aromatic carbocycles. The van der Waals surface area contributed by atoms with Crippen molar-refractivity contribution >= 4 is 57.5 Å². The summed E-state index contributed by atoms with van der Waals surface area (Å²) in [7, 11) is 3.11.